The first kappa shape index (κ1) is 17.7. The molecule has 0 unspecified atom stereocenters. The van der Waals surface area contributed by atoms with Crippen LogP contribution < -0.4 is 5.32 Å². The van der Waals surface area contributed by atoms with Gasteiger partial charge in [-0.15, -0.1) is 6.58 Å². The summed E-state index contributed by atoms with van der Waals surface area (Å²) in [6, 6.07) is 7.40. The molecule has 1 amide bonds. The van der Waals surface area contributed by atoms with Crippen LogP contribution >= 0.6 is 11.6 Å². The third-order valence-electron chi connectivity index (χ3n) is 3.23. The van der Waals surface area contributed by atoms with Crippen LogP contribution in [0.3, 0.4) is 0 Å². The lowest BCUT2D eigenvalue weighted by molar-refractivity contribution is -0.128. The molecule has 0 radical (unpaired) electrons. The van der Waals surface area contributed by atoms with Crippen LogP contribution in [0.4, 0.5) is 0 Å². The van der Waals surface area contributed by atoms with Gasteiger partial charge in [-0.25, -0.2) is 4.79 Å². The average Bonchev–Trinajstić information content (AvgIpc) is 3.03. The Morgan fingerprint density at radius 3 is 2.92 bits per heavy atom. The Morgan fingerprint density at radius 2 is 2.21 bits per heavy atom. The van der Waals surface area contributed by atoms with Crippen molar-refractivity contribution in [2.45, 2.75) is 19.6 Å². The van der Waals surface area contributed by atoms with Crippen molar-refractivity contribution < 1.29 is 14.3 Å². The first-order valence-corrected chi connectivity index (χ1v) is 7.74. The number of nitrogens with one attached hydrogen (secondary N) is 1. The van der Waals surface area contributed by atoms with Crippen LogP contribution in [-0.2, 0) is 16.1 Å². The van der Waals surface area contributed by atoms with Crippen molar-refractivity contribution in [2.75, 3.05) is 6.54 Å². The van der Waals surface area contributed by atoms with E-state index in [0.717, 1.165) is 5.56 Å². The van der Waals surface area contributed by atoms with Gasteiger partial charge in [-0.3, -0.25) is 9.48 Å². The lowest BCUT2D eigenvalue weighted by Gasteiger charge is -2.11. The summed E-state index contributed by atoms with van der Waals surface area (Å²) in [7, 11) is 0. The number of nitrogens with zero attached hydrogens (tertiary/aromatic N) is 2. The van der Waals surface area contributed by atoms with Gasteiger partial charge in [0.2, 0.25) is 0 Å². The van der Waals surface area contributed by atoms with Crippen LogP contribution in [0.1, 0.15) is 22.8 Å². The normalized spacial score (nSPS) is 11.6. The highest BCUT2D eigenvalue weighted by atomic mass is 35.5. The summed E-state index contributed by atoms with van der Waals surface area (Å²) < 4.78 is 6.70. The summed E-state index contributed by atoms with van der Waals surface area (Å²) in [5, 5.41) is 7.31. The van der Waals surface area contributed by atoms with Crippen LogP contribution in [0, 0.1) is 0 Å². The summed E-state index contributed by atoms with van der Waals surface area (Å²) in [4.78, 5) is 23.7. The molecule has 0 spiro atoms. The number of hydrogen-bond acceptors (Lipinski definition) is 4. The zero-order valence-electron chi connectivity index (χ0n) is 13.2. The molecule has 0 fully saturated rings. The predicted molar refractivity (Wildman–Crippen MR) is 90.9 cm³/mol. The molecule has 6 nitrogen and oxygen atoms in total. The summed E-state index contributed by atoms with van der Waals surface area (Å²) in [5.74, 6) is -0.992. The molecule has 2 rings (SSSR count). The second-order valence-corrected chi connectivity index (χ2v) is 5.51. The highest BCUT2D eigenvalue weighted by molar-refractivity contribution is 6.31. The average molecular weight is 348 g/mol. The first-order chi connectivity index (χ1) is 11.5. The standard InChI is InChI=1S/C17H18ClN3O3/c1-3-8-19-16(22)12(2)24-17(23)14-9-20-21(11-14)10-13-6-4-5-7-15(13)18/h3-7,9,11-12H,1,8,10H2,2H3,(H,19,22)/t12-/m0/s1. The van der Waals surface area contributed by atoms with Crippen LogP contribution in [-0.4, -0.2) is 34.3 Å². The SMILES string of the molecule is C=CCNC(=O)[C@H](C)OC(=O)c1cnn(Cc2ccccc2Cl)c1. The summed E-state index contributed by atoms with van der Waals surface area (Å²) in [6.45, 7) is 5.75. The topological polar surface area (TPSA) is 73.2 Å². The fraction of sp³-hybridized carbons (Fsp3) is 0.235. The third-order valence-corrected chi connectivity index (χ3v) is 3.60. The van der Waals surface area contributed by atoms with E-state index >= 15 is 0 Å². The first-order valence-electron chi connectivity index (χ1n) is 7.36. The Kier molecular flexibility index (Phi) is 6.14. The van der Waals surface area contributed by atoms with E-state index in [2.05, 4.69) is 17.0 Å². The van der Waals surface area contributed by atoms with E-state index in [4.69, 9.17) is 16.3 Å². The quantitative estimate of drug-likeness (QED) is 0.616. The molecule has 0 saturated carbocycles. The number of carbonyl (C=O) groups is 2. The molecule has 1 aromatic heterocycles. The molecule has 126 valence electrons. The van der Waals surface area contributed by atoms with Gasteiger partial charge < -0.3 is 10.1 Å². The number of halogens is 1. The number of esters is 1. The number of amides is 1. The Morgan fingerprint density at radius 1 is 1.46 bits per heavy atom. The highest BCUT2D eigenvalue weighted by Crippen LogP contribution is 2.16. The summed E-state index contributed by atoms with van der Waals surface area (Å²) >= 11 is 6.10. The van der Waals surface area contributed by atoms with E-state index in [1.54, 1.807) is 23.0 Å². The molecule has 7 heteroatoms. The Bertz CT molecular complexity index is 742. The molecule has 0 aliphatic rings. The van der Waals surface area contributed by atoms with E-state index in [1.165, 1.54) is 13.1 Å². The number of benzene rings is 1. The smallest absolute Gasteiger partial charge is 0.342 e. The van der Waals surface area contributed by atoms with Gasteiger partial charge in [-0.2, -0.15) is 5.10 Å². The minimum absolute atomic E-state index is 0.269. The van der Waals surface area contributed by atoms with Crippen LogP contribution in [0.2, 0.25) is 5.02 Å². The summed E-state index contributed by atoms with van der Waals surface area (Å²) in [5.41, 5.74) is 1.16. The van der Waals surface area contributed by atoms with Gasteiger partial charge in [0.1, 0.15) is 0 Å². The van der Waals surface area contributed by atoms with E-state index in [-0.39, 0.29) is 11.5 Å². The predicted octanol–water partition coefficient (Wildman–Crippen LogP) is 2.43. The number of carbonyl (C=O) groups excluding carboxylic acids is 2. The molecule has 0 aliphatic heterocycles. The lowest BCUT2D eigenvalue weighted by Crippen LogP contribution is -2.35. The number of ether oxygens (including phenoxy) is 1. The molecule has 1 atom stereocenters. The number of hydrogen-bond donors (Lipinski definition) is 1. The van der Waals surface area contributed by atoms with E-state index in [9.17, 15) is 9.59 Å². The zero-order valence-corrected chi connectivity index (χ0v) is 14.0. The monoisotopic (exact) mass is 347 g/mol. The van der Waals surface area contributed by atoms with Gasteiger partial charge in [0.05, 0.1) is 18.3 Å². The second kappa shape index (κ2) is 8.31. The maximum absolute atomic E-state index is 12.1. The van der Waals surface area contributed by atoms with Crippen LogP contribution in [0.5, 0.6) is 0 Å². The van der Waals surface area contributed by atoms with Gasteiger partial charge in [-0.1, -0.05) is 35.9 Å². The van der Waals surface area contributed by atoms with Crippen molar-refractivity contribution in [1.29, 1.82) is 0 Å². The molecule has 2 aromatic rings. The molecule has 0 saturated heterocycles. The Labute approximate surface area is 145 Å². The highest BCUT2D eigenvalue weighted by Gasteiger charge is 2.19. The Balaban J connectivity index is 1.97. The molecule has 0 bridgehead atoms. The molecule has 1 N–H and O–H groups in total. The minimum Gasteiger partial charge on any atom is -0.449 e. The van der Waals surface area contributed by atoms with Crippen molar-refractivity contribution in [3.63, 3.8) is 0 Å². The zero-order chi connectivity index (χ0) is 17.5. The largest absolute Gasteiger partial charge is 0.449 e. The van der Waals surface area contributed by atoms with Crippen molar-refractivity contribution in [1.82, 2.24) is 15.1 Å². The minimum atomic E-state index is -0.899. The van der Waals surface area contributed by atoms with Crippen LogP contribution in [0.25, 0.3) is 0 Å². The molecule has 24 heavy (non-hydrogen) atoms. The molecule has 0 aliphatic carbocycles. The van der Waals surface area contributed by atoms with Gasteiger partial charge >= 0.3 is 5.97 Å². The molecule has 1 aromatic carbocycles. The van der Waals surface area contributed by atoms with Crippen molar-refractivity contribution in [3.05, 3.63) is 65.5 Å². The number of rotatable bonds is 7. The van der Waals surface area contributed by atoms with Gasteiger partial charge in [-0.05, 0) is 18.6 Å². The fourth-order valence-electron chi connectivity index (χ4n) is 1.96. The molecular weight excluding hydrogens is 330 g/mol. The van der Waals surface area contributed by atoms with E-state index in [0.29, 0.717) is 18.1 Å². The van der Waals surface area contributed by atoms with Crippen molar-refractivity contribution in [3.8, 4) is 0 Å². The maximum atomic E-state index is 12.1. The second-order valence-electron chi connectivity index (χ2n) is 5.10. The third kappa shape index (κ3) is 4.70. The van der Waals surface area contributed by atoms with Gasteiger partial charge in [0, 0.05) is 17.8 Å². The number of aromatic nitrogens is 2. The summed E-state index contributed by atoms with van der Waals surface area (Å²) in [6.07, 6.45) is 3.60. The van der Waals surface area contributed by atoms with Gasteiger partial charge in [0.15, 0.2) is 6.10 Å². The van der Waals surface area contributed by atoms with Crippen LogP contribution in [0.15, 0.2) is 49.3 Å². The van der Waals surface area contributed by atoms with Crippen molar-refractivity contribution >= 4 is 23.5 Å². The van der Waals surface area contributed by atoms with Crippen molar-refractivity contribution in [2.24, 2.45) is 0 Å². The lowest BCUT2D eigenvalue weighted by atomic mass is 10.2. The van der Waals surface area contributed by atoms with E-state index < -0.39 is 12.1 Å². The molecular formula is C17H18ClN3O3. The maximum Gasteiger partial charge on any atom is 0.342 e. The molecule has 1 heterocycles. The van der Waals surface area contributed by atoms with E-state index in [1.807, 2.05) is 18.2 Å². The fourth-order valence-corrected chi connectivity index (χ4v) is 2.15. The van der Waals surface area contributed by atoms with Gasteiger partial charge in [0.25, 0.3) is 5.91 Å². The Hall–Kier alpha value is -2.60.